The fourth-order valence-electron chi connectivity index (χ4n) is 2.98. The van der Waals surface area contributed by atoms with E-state index in [0.717, 1.165) is 15.7 Å². The maximum Gasteiger partial charge on any atom is 0.225 e. The van der Waals surface area contributed by atoms with Gasteiger partial charge in [0.2, 0.25) is 11.8 Å². The number of carbonyl (C=O) groups excluding carboxylic acids is 2. The number of benzene rings is 1. The van der Waals surface area contributed by atoms with Gasteiger partial charge in [0.05, 0.1) is 24.2 Å². The largest absolute Gasteiger partial charge is 0.349 e. The van der Waals surface area contributed by atoms with E-state index in [1.165, 1.54) is 0 Å². The molecule has 3 rings (SSSR count). The summed E-state index contributed by atoms with van der Waals surface area (Å²) >= 11 is 3.44. The second-order valence-electron chi connectivity index (χ2n) is 6.28. The molecule has 1 aromatic carbocycles. The van der Waals surface area contributed by atoms with Gasteiger partial charge in [0, 0.05) is 23.6 Å². The number of hydrogen-bond acceptors (Lipinski definition) is 3. The summed E-state index contributed by atoms with van der Waals surface area (Å²) in [6.45, 7) is 2.83. The molecule has 5 nitrogen and oxygen atoms in total. The summed E-state index contributed by atoms with van der Waals surface area (Å²) in [6, 6.07) is 13.4. The van der Waals surface area contributed by atoms with Crippen molar-refractivity contribution in [2.45, 2.75) is 25.9 Å². The molecule has 0 aliphatic carbocycles. The van der Waals surface area contributed by atoms with Gasteiger partial charge in [-0.2, -0.15) is 0 Å². The van der Waals surface area contributed by atoms with Crippen LogP contribution < -0.4 is 5.32 Å². The van der Waals surface area contributed by atoms with Crippen molar-refractivity contribution in [1.29, 1.82) is 0 Å². The predicted octanol–water partition coefficient (Wildman–Crippen LogP) is 3.07. The molecule has 0 spiro atoms. The van der Waals surface area contributed by atoms with Crippen molar-refractivity contribution in [3.05, 3.63) is 64.4 Å². The van der Waals surface area contributed by atoms with Crippen LogP contribution in [0.4, 0.5) is 0 Å². The van der Waals surface area contributed by atoms with Crippen molar-refractivity contribution >= 4 is 27.7 Å². The van der Waals surface area contributed by atoms with Crippen LogP contribution in [0.1, 0.15) is 30.6 Å². The van der Waals surface area contributed by atoms with Crippen LogP contribution in [0.3, 0.4) is 0 Å². The number of hydrogen-bond donors (Lipinski definition) is 1. The number of carbonyl (C=O) groups is 2. The molecule has 130 valence electrons. The minimum Gasteiger partial charge on any atom is -0.349 e. The van der Waals surface area contributed by atoms with Crippen LogP contribution in [0, 0.1) is 5.92 Å². The summed E-state index contributed by atoms with van der Waals surface area (Å²) in [7, 11) is 0. The average molecular weight is 402 g/mol. The van der Waals surface area contributed by atoms with E-state index in [-0.39, 0.29) is 30.2 Å². The zero-order valence-electron chi connectivity index (χ0n) is 14.0. The van der Waals surface area contributed by atoms with Gasteiger partial charge in [-0.25, -0.2) is 0 Å². The first-order chi connectivity index (χ1) is 12.0. The first-order valence-electron chi connectivity index (χ1n) is 8.26. The lowest BCUT2D eigenvalue weighted by Gasteiger charge is -2.18. The lowest BCUT2D eigenvalue weighted by Crippen LogP contribution is -2.34. The molecule has 6 heteroatoms. The molecule has 1 aliphatic rings. The second-order valence-corrected chi connectivity index (χ2v) is 7.20. The van der Waals surface area contributed by atoms with Gasteiger partial charge in [0.1, 0.15) is 0 Å². The van der Waals surface area contributed by atoms with Crippen LogP contribution >= 0.6 is 15.9 Å². The highest BCUT2D eigenvalue weighted by atomic mass is 79.9. The zero-order valence-corrected chi connectivity index (χ0v) is 15.6. The van der Waals surface area contributed by atoms with Gasteiger partial charge in [-0.15, -0.1) is 0 Å². The fourth-order valence-corrected chi connectivity index (χ4v) is 3.40. The standard InChI is InChI=1S/C19H20BrN3O2/c1-13(14-5-4-6-16(20)9-14)22-19(25)15-10-18(24)23(11-15)12-17-7-2-3-8-21-17/h2-9,13,15H,10-12H2,1H3,(H,22,25)/t13-,15+/m1/s1. The molecule has 0 bridgehead atoms. The van der Waals surface area contributed by atoms with Gasteiger partial charge in [-0.05, 0) is 36.8 Å². The Morgan fingerprint density at radius 1 is 1.36 bits per heavy atom. The van der Waals surface area contributed by atoms with Crippen LogP contribution in [0.25, 0.3) is 0 Å². The number of aromatic nitrogens is 1. The SMILES string of the molecule is C[C@@H](NC(=O)[C@H]1CC(=O)N(Cc2ccccn2)C1)c1cccc(Br)c1. The van der Waals surface area contributed by atoms with E-state index in [1.807, 2.05) is 49.4 Å². The van der Waals surface area contributed by atoms with E-state index in [0.29, 0.717) is 13.1 Å². The van der Waals surface area contributed by atoms with E-state index in [4.69, 9.17) is 0 Å². The number of pyridine rings is 1. The average Bonchev–Trinajstić information content (AvgIpc) is 2.96. The van der Waals surface area contributed by atoms with Gasteiger partial charge >= 0.3 is 0 Å². The van der Waals surface area contributed by atoms with Crippen LogP contribution in [0.15, 0.2) is 53.1 Å². The Hall–Kier alpha value is -2.21. The monoisotopic (exact) mass is 401 g/mol. The zero-order chi connectivity index (χ0) is 17.8. The minimum atomic E-state index is -0.314. The molecule has 0 unspecified atom stereocenters. The normalized spacial score (nSPS) is 18.2. The number of nitrogens with zero attached hydrogens (tertiary/aromatic N) is 2. The third-order valence-corrected chi connectivity index (χ3v) is 4.86. The second kappa shape index (κ2) is 7.78. The van der Waals surface area contributed by atoms with E-state index in [1.54, 1.807) is 11.1 Å². The van der Waals surface area contributed by atoms with Gasteiger partial charge in [0.25, 0.3) is 0 Å². The van der Waals surface area contributed by atoms with Crippen molar-refractivity contribution in [1.82, 2.24) is 15.2 Å². The molecule has 1 N–H and O–H groups in total. The Bertz CT molecular complexity index is 766. The lowest BCUT2D eigenvalue weighted by molar-refractivity contribution is -0.129. The highest BCUT2D eigenvalue weighted by Crippen LogP contribution is 2.22. The highest BCUT2D eigenvalue weighted by Gasteiger charge is 2.34. The Morgan fingerprint density at radius 3 is 2.92 bits per heavy atom. The first kappa shape index (κ1) is 17.6. The van der Waals surface area contributed by atoms with Crippen LogP contribution in [-0.4, -0.2) is 28.2 Å². The molecule has 1 aliphatic heterocycles. The molecule has 2 aromatic rings. The number of nitrogens with one attached hydrogen (secondary N) is 1. The van der Waals surface area contributed by atoms with E-state index in [9.17, 15) is 9.59 Å². The fraction of sp³-hybridized carbons (Fsp3) is 0.316. The van der Waals surface area contributed by atoms with Gasteiger partial charge in [-0.3, -0.25) is 14.6 Å². The molecule has 1 aromatic heterocycles. The van der Waals surface area contributed by atoms with Crippen molar-refractivity contribution < 1.29 is 9.59 Å². The number of likely N-dealkylation sites (tertiary alicyclic amines) is 1. The van der Waals surface area contributed by atoms with Gasteiger partial charge in [0.15, 0.2) is 0 Å². The highest BCUT2D eigenvalue weighted by molar-refractivity contribution is 9.10. The summed E-state index contributed by atoms with van der Waals surface area (Å²) in [5.41, 5.74) is 1.86. The molecular formula is C19H20BrN3O2. The number of amides is 2. The smallest absolute Gasteiger partial charge is 0.225 e. The Balaban J connectivity index is 1.59. The van der Waals surface area contributed by atoms with Crippen molar-refractivity contribution in [3.8, 4) is 0 Å². The quantitative estimate of drug-likeness (QED) is 0.836. The summed E-state index contributed by atoms with van der Waals surface area (Å²) in [5, 5.41) is 3.02. The van der Waals surface area contributed by atoms with E-state index >= 15 is 0 Å². The Kier molecular flexibility index (Phi) is 5.48. The predicted molar refractivity (Wildman–Crippen MR) is 98.5 cm³/mol. The molecule has 0 saturated carbocycles. The maximum absolute atomic E-state index is 12.5. The number of halogens is 1. The summed E-state index contributed by atoms with van der Waals surface area (Å²) in [5.74, 6) is -0.393. The summed E-state index contributed by atoms with van der Waals surface area (Å²) < 4.78 is 0.976. The van der Waals surface area contributed by atoms with Crippen molar-refractivity contribution in [2.75, 3.05) is 6.54 Å². The van der Waals surface area contributed by atoms with Crippen molar-refractivity contribution in [2.24, 2.45) is 5.92 Å². The number of rotatable bonds is 5. The molecule has 2 atom stereocenters. The summed E-state index contributed by atoms with van der Waals surface area (Å²) in [4.78, 5) is 30.7. The molecule has 1 saturated heterocycles. The van der Waals surface area contributed by atoms with E-state index < -0.39 is 0 Å². The van der Waals surface area contributed by atoms with Crippen LogP contribution in [-0.2, 0) is 16.1 Å². The first-order valence-corrected chi connectivity index (χ1v) is 9.06. The minimum absolute atomic E-state index is 0.000844. The van der Waals surface area contributed by atoms with Crippen molar-refractivity contribution in [3.63, 3.8) is 0 Å². The van der Waals surface area contributed by atoms with Gasteiger partial charge in [-0.1, -0.05) is 34.1 Å². The van der Waals surface area contributed by atoms with E-state index in [2.05, 4.69) is 26.2 Å². The third kappa shape index (κ3) is 4.45. The molecular weight excluding hydrogens is 382 g/mol. The maximum atomic E-state index is 12.5. The van der Waals surface area contributed by atoms with Gasteiger partial charge < -0.3 is 10.2 Å². The Morgan fingerprint density at radius 2 is 2.20 bits per heavy atom. The third-order valence-electron chi connectivity index (χ3n) is 4.37. The Labute approximate surface area is 155 Å². The van der Waals surface area contributed by atoms with Crippen LogP contribution in [0.5, 0.6) is 0 Å². The molecule has 2 heterocycles. The lowest BCUT2D eigenvalue weighted by atomic mass is 10.1. The van der Waals surface area contributed by atoms with Crippen LogP contribution in [0.2, 0.25) is 0 Å². The topological polar surface area (TPSA) is 62.3 Å². The molecule has 25 heavy (non-hydrogen) atoms. The molecule has 2 amide bonds. The molecule has 0 radical (unpaired) electrons. The summed E-state index contributed by atoms with van der Waals surface area (Å²) in [6.07, 6.45) is 1.96. The molecule has 1 fully saturated rings.